The van der Waals surface area contributed by atoms with Gasteiger partial charge in [0, 0.05) is 10.2 Å². The van der Waals surface area contributed by atoms with Crippen LogP contribution in [0.15, 0.2) is 22.7 Å². The van der Waals surface area contributed by atoms with Gasteiger partial charge in [-0.2, -0.15) is 0 Å². The van der Waals surface area contributed by atoms with Gasteiger partial charge in [0.15, 0.2) is 18.2 Å². The quantitative estimate of drug-likeness (QED) is 0.591. The number of aryl methyl sites for hydroxylation is 1. The minimum atomic E-state index is -0.566. The second-order valence-corrected chi connectivity index (χ2v) is 6.05. The number of ether oxygens (including phenoxy) is 2. The third-order valence-electron chi connectivity index (χ3n) is 3.45. The first-order valence-corrected chi connectivity index (χ1v) is 8.11. The van der Waals surface area contributed by atoms with E-state index < -0.39 is 11.8 Å². The maximum absolute atomic E-state index is 13.7. The number of H-pyrrole nitrogens is 1. The number of benzene rings is 1. The first kappa shape index (κ1) is 18.2. The van der Waals surface area contributed by atoms with Crippen molar-refractivity contribution in [1.29, 1.82) is 0 Å². The third-order valence-corrected chi connectivity index (χ3v) is 3.94. The predicted molar refractivity (Wildman–Crippen MR) is 90.1 cm³/mol. The molecular formula is C17H17BrFNO4. The molecule has 0 aliphatic rings. The average Bonchev–Trinajstić information content (AvgIpc) is 2.81. The van der Waals surface area contributed by atoms with Crippen LogP contribution in [-0.2, 0) is 4.74 Å². The summed E-state index contributed by atoms with van der Waals surface area (Å²) >= 11 is 3.15. The van der Waals surface area contributed by atoms with Crippen molar-refractivity contribution in [2.45, 2.75) is 20.8 Å². The number of hydrogen-bond donors (Lipinski definition) is 1. The Kier molecular flexibility index (Phi) is 5.77. The molecule has 0 aliphatic carbocycles. The number of Topliss-reactive ketones (excluding diaryl/α,β-unsaturated/α-hetero) is 1. The molecule has 0 amide bonds. The van der Waals surface area contributed by atoms with Crippen LogP contribution >= 0.6 is 15.9 Å². The van der Waals surface area contributed by atoms with E-state index >= 15 is 0 Å². The van der Waals surface area contributed by atoms with Gasteiger partial charge in [-0.3, -0.25) is 4.79 Å². The first-order chi connectivity index (χ1) is 11.3. The van der Waals surface area contributed by atoms with Gasteiger partial charge in [0.25, 0.3) is 0 Å². The lowest BCUT2D eigenvalue weighted by Crippen LogP contribution is -2.14. The zero-order chi connectivity index (χ0) is 17.9. The highest BCUT2D eigenvalue weighted by Gasteiger charge is 2.23. The SMILES string of the molecule is CCOC(=O)c1c(C)[nH]c(C(=O)COc2ccc(Br)cc2F)c1C. The van der Waals surface area contributed by atoms with Crippen molar-refractivity contribution >= 4 is 27.7 Å². The number of rotatable bonds is 6. The van der Waals surface area contributed by atoms with Crippen LogP contribution in [-0.4, -0.2) is 30.0 Å². The second-order valence-electron chi connectivity index (χ2n) is 5.13. The topological polar surface area (TPSA) is 68.4 Å². The first-order valence-electron chi connectivity index (χ1n) is 7.32. The number of nitrogens with one attached hydrogen (secondary N) is 1. The van der Waals surface area contributed by atoms with Gasteiger partial charge < -0.3 is 14.5 Å². The summed E-state index contributed by atoms with van der Waals surface area (Å²) < 4.78 is 24.5. The molecule has 0 unspecified atom stereocenters. The summed E-state index contributed by atoms with van der Waals surface area (Å²) in [7, 11) is 0. The maximum Gasteiger partial charge on any atom is 0.340 e. The fourth-order valence-electron chi connectivity index (χ4n) is 2.35. The number of aromatic amines is 1. The molecule has 0 atom stereocenters. The van der Waals surface area contributed by atoms with Crippen molar-refractivity contribution in [3.8, 4) is 5.75 Å². The smallest absolute Gasteiger partial charge is 0.340 e. The molecule has 7 heteroatoms. The van der Waals surface area contributed by atoms with E-state index in [1.165, 1.54) is 12.1 Å². The Bertz CT molecular complexity index is 785. The highest BCUT2D eigenvalue weighted by molar-refractivity contribution is 9.10. The highest BCUT2D eigenvalue weighted by Crippen LogP contribution is 2.23. The van der Waals surface area contributed by atoms with Gasteiger partial charge in [-0.05, 0) is 44.5 Å². The van der Waals surface area contributed by atoms with Crippen molar-refractivity contribution in [3.63, 3.8) is 0 Å². The van der Waals surface area contributed by atoms with Gasteiger partial charge in [0.1, 0.15) is 0 Å². The highest BCUT2D eigenvalue weighted by atomic mass is 79.9. The minimum Gasteiger partial charge on any atom is -0.482 e. The number of carbonyl (C=O) groups is 2. The Morgan fingerprint density at radius 1 is 1.29 bits per heavy atom. The van der Waals surface area contributed by atoms with Crippen molar-refractivity contribution in [3.05, 3.63) is 51.0 Å². The monoisotopic (exact) mass is 397 g/mol. The van der Waals surface area contributed by atoms with E-state index in [0.29, 0.717) is 21.3 Å². The molecule has 128 valence electrons. The third kappa shape index (κ3) is 3.84. The molecule has 0 spiro atoms. The van der Waals surface area contributed by atoms with Crippen molar-refractivity contribution in [2.24, 2.45) is 0 Å². The lowest BCUT2D eigenvalue weighted by atomic mass is 10.1. The van der Waals surface area contributed by atoms with Crippen LogP contribution in [0, 0.1) is 19.7 Å². The zero-order valence-corrected chi connectivity index (χ0v) is 15.1. The molecule has 1 heterocycles. The van der Waals surface area contributed by atoms with E-state index in [2.05, 4.69) is 20.9 Å². The lowest BCUT2D eigenvalue weighted by Gasteiger charge is -2.07. The van der Waals surface area contributed by atoms with Crippen molar-refractivity contribution < 1.29 is 23.5 Å². The van der Waals surface area contributed by atoms with Crippen LogP contribution in [0.1, 0.15) is 39.0 Å². The average molecular weight is 398 g/mol. The van der Waals surface area contributed by atoms with E-state index in [-0.39, 0.29) is 30.4 Å². The number of carbonyl (C=O) groups excluding carboxylic acids is 2. The van der Waals surface area contributed by atoms with E-state index in [9.17, 15) is 14.0 Å². The fraction of sp³-hybridized carbons (Fsp3) is 0.294. The molecule has 0 bridgehead atoms. The maximum atomic E-state index is 13.7. The molecule has 0 radical (unpaired) electrons. The fourth-order valence-corrected chi connectivity index (χ4v) is 2.68. The Hall–Kier alpha value is -2.15. The number of aromatic nitrogens is 1. The van der Waals surface area contributed by atoms with E-state index in [1.54, 1.807) is 26.8 Å². The lowest BCUT2D eigenvalue weighted by molar-refractivity contribution is 0.0525. The molecule has 2 aromatic rings. The molecule has 1 aromatic carbocycles. The number of halogens is 2. The molecule has 1 N–H and O–H groups in total. The van der Waals surface area contributed by atoms with Crippen LogP contribution in [0.2, 0.25) is 0 Å². The number of ketones is 1. The van der Waals surface area contributed by atoms with Gasteiger partial charge in [-0.15, -0.1) is 0 Å². The summed E-state index contributed by atoms with van der Waals surface area (Å²) in [6.45, 7) is 4.95. The van der Waals surface area contributed by atoms with E-state index in [4.69, 9.17) is 9.47 Å². The summed E-state index contributed by atoms with van der Waals surface area (Å²) in [6.07, 6.45) is 0. The van der Waals surface area contributed by atoms with Crippen LogP contribution in [0.3, 0.4) is 0 Å². The zero-order valence-electron chi connectivity index (χ0n) is 13.5. The minimum absolute atomic E-state index is 0.0157. The summed E-state index contributed by atoms with van der Waals surface area (Å²) in [5.41, 5.74) is 1.64. The number of esters is 1. The predicted octanol–water partition coefficient (Wildman–Crippen LogP) is 3.97. The molecular weight excluding hydrogens is 381 g/mol. The molecule has 2 rings (SSSR count). The normalized spacial score (nSPS) is 10.5. The van der Waals surface area contributed by atoms with Crippen LogP contribution in [0.25, 0.3) is 0 Å². The van der Waals surface area contributed by atoms with Gasteiger partial charge >= 0.3 is 5.97 Å². The summed E-state index contributed by atoms with van der Waals surface area (Å²) in [5, 5.41) is 0. The van der Waals surface area contributed by atoms with Gasteiger partial charge in [-0.25, -0.2) is 9.18 Å². The van der Waals surface area contributed by atoms with Crippen LogP contribution in [0.4, 0.5) is 4.39 Å². The van der Waals surface area contributed by atoms with Crippen LogP contribution < -0.4 is 4.74 Å². The summed E-state index contributed by atoms with van der Waals surface area (Å²) in [5.74, 6) is -1.45. The Balaban J connectivity index is 2.15. The Morgan fingerprint density at radius 2 is 2.00 bits per heavy atom. The summed E-state index contributed by atoms with van der Waals surface area (Å²) in [6, 6.07) is 4.30. The number of hydrogen-bond acceptors (Lipinski definition) is 4. The Labute approximate surface area is 147 Å². The molecule has 0 saturated heterocycles. The summed E-state index contributed by atoms with van der Waals surface area (Å²) in [4.78, 5) is 27.1. The van der Waals surface area contributed by atoms with Gasteiger partial charge in [-0.1, -0.05) is 15.9 Å². The van der Waals surface area contributed by atoms with Crippen molar-refractivity contribution in [2.75, 3.05) is 13.2 Å². The largest absolute Gasteiger partial charge is 0.482 e. The molecule has 24 heavy (non-hydrogen) atoms. The van der Waals surface area contributed by atoms with Gasteiger partial charge in [0.05, 0.1) is 17.9 Å². The van der Waals surface area contributed by atoms with E-state index in [1.807, 2.05) is 0 Å². The van der Waals surface area contributed by atoms with E-state index in [0.717, 1.165) is 0 Å². The molecule has 0 aliphatic heterocycles. The molecule has 0 fully saturated rings. The molecule has 5 nitrogen and oxygen atoms in total. The molecule has 0 saturated carbocycles. The van der Waals surface area contributed by atoms with Crippen molar-refractivity contribution in [1.82, 2.24) is 4.98 Å². The van der Waals surface area contributed by atoms with Crippen LogP contribution in [0.5, 0.6) is 5.75 Å². The molecule has 1 aromatic heterocycles. The second kappa shape index (κ2) is 7.61. The van der Waals surface area contributed by atoms with Gasteiger partial charge in [0.2, 0.25) is 5.78 Å². The standard InChI is InChI=1S/C17H17BrFNO4/c1-4-23-17(22)15-9(2)16(20-10(15)3)13(21)8-24-14-6-5-11(18)7-12(14)19/h5-7,20H,4,8H2,1-3H3. The Morgan fingerprint density at radius 3 is 2.62 bits per heavy atom.